The lowest BCUT2D eigenvalue weighted by Crippen LogP contribution is -2.32. The van der Waals surface area contributed by atoms with Gasteiger partial charge in [-0.15, -0.1) is 11.3 Å². The van der Waals surface area contributed by atoms with Gasteiger partial charge >= 0.3 is 5.97 Å². The number of rotatable bonds is 2. The number of hydrogen-bond donors (Lipinski definition) is 1. The van der Waals surface area contributed by atoms with E-state index in [4.69, 9.17) is 4.74 Å². The van der Waals surface area contributed by atoms with E-state index >= 15 is 0 Å². The molecule has 1 aliphatic rings. The van der Waals surface area contributed by atoms with Gasteiger partial charge in [-0.1, -0.05) is 0 Å². The predicted molar refractivity (Wildman–Crippen MR) is 86.8 cm³/mol. The van der Waals surface area contributed by atoms with Crippen LogP contribution in [-0.4, -0.2) is 39.8 Å². The van der Waals surface area contributed by atoms with Crippen LogP contribution in [0.5, 0.6) is 0 Å². The molecule has 1 aliphatic heterocycles. The molecule has 0 radical (unpaired) electrons. The molecule has 0 aliphatic carbocycles. The maximum atomic E-state index is 11.9. The number of ether oxygens (including phenoxy) is 1. The smallest absolute Gasteiger partial charge is 0.358 e. The van der Waals surface area contributed by atoms with E-state index in [2.05, 4.69) is 25.1 Å². The molecule has 0 fully saturated rings. The highest BCUT2D eigenvalue weighted by atomic mass is 32.1. The molecule has 7 nitrogen and oxygen atoms in total. The highest BCUT2D eigenvalue weighted by Crippen LogP contribution is 2.31. The predicted octanol–water partition coefficient (Wildman–Crippen LogP) is 2.07. The number of nitrogens with zero attached hydrogens (tertiary/aromatic N) is 4. The van der Waals surface area contributed by atoms with Crippen LogP contribution in [0, 0.1) is 6.92 Å². The van der Waals surface area contributed by atoms with Crippen molar-refractivity contribution in [2.75, 3.05) is 18.6 Å². The topological polar surface area (TPSA) is 84.0 Å². The number of aryl methyl sites for hydroxylation is 1. The summed E-state index contributed by atoms with van der Waals surface area (Å²) in [5.41, 5.74) is 2.25. The third kappa shape index (κ3) is 2.26. The molecule has 0 bridgehead atoms. The van der Waals surface area contributed by atoms with Crippen LogP contribution in [0.15, 0.2) is 11.4 Å². The van der Waals surface area contributed by atoms with Gasteiger partial charge in [-0.25, -0.2) is 14.8 Å². The first-order valence-corrected chi connectivity index (χ1v) is 8.16. The molecule has 0 saturated carbocycles. The number of carbonyl (C=O) groups excluding carboxylic acids is 1. The SMILES string of the molecule is COC(=O)c1n[nH]c2c1CN(c1nc(C)nc3sccc13)CC2. The third-order valence-electron chi connectivity index (χ3n) is 4.03. The molecule has 0 atom stereocenters. The first kappa shape index (κ1) is 14.1. The summed E-state index contributed by atoms with van der Waals surface area (Å²) in [7, 11) is 1.37. The number of aromatic amines is 1. The van der Waals surface area contributed by atoms with Crippen LogP contribution in [0.2, 0.25) is 0 Å². The zero-order chi connectivity index (χ0) is 16.0. The monoisotopic (exact) mass is 329 g/mol. The van der Waals surface area contributed by atoms with Gasteiger partial charge in [0.15, 0.2) is 5.69 Å². The fraction of sp³-hybridized carbons (Fsp3) is 0.333. The zero-order valence-electron chi connectivity index (χ0n) is 12.8. The molecule has 4 heterocycles. The van der Waals surface area contributed by atoms with E-state index in [1.807, 2.05) is 18.4 Å². The highest BCUT2D eigenvalue weighted by molar-refractivity contribution is 7.16. The van der Waals surface area contributed by atoms with Crippen molar-refractivity contribution in [1.29, 1.82) is 0 Å². The summed E-state index contributed by atoms with van der Waals surface area (Å²) < 4.78 is 4.81. The Morgan fingerprint density at radius 1 is 1.43 bits per heavy atom. The van der Waals surface area contributed by atoms with Crippen LogP contribution in [-0.2, 0) is 17.7 Å². The van der Waals surface area contributed by atoms with Gasteiger partial charge < -0.3 is 9.64 Å². The van der Waals surface area contributed by atoms with Crippen molar-refractivity contribution in [2.45, 2.75) is 19.9 Å². The minimum Gasteiger partial charge on any atom is -0.464 e. The Hall–Kier alpha value is -2.48. The minimum absolute atomic E-state index is 0.361. The van der Waals surface area contributed by atoms with E-state index in [0.29, 0.717) is 12.2 Å². The molecular formula is C15H15N5O2S. The number of methoxy groups -OCH3 is 1. The van der Waals surface area contributed by atoms with Gasteiger partial charge in [-0.3, -0.25) is 5.10 Å². The second-order valence-electron chi connectivity index (χ2n) is 5.43. The van der Waals surface area contributed by atoms with Gasteiger partial charge in [0.25, 0.3) is 0 Å². The lowest BCUT2D eigenvalue weighted by Gasteiger charge is -2.28. The quantitative estimate of drug-likeness (QED) is 0.725. The molecule has 3 aromatic rings. The number of esters is 1. The second kappa shape index (κ2) is 5.31. The molecule has 0 spiro atoms. The first-order chi connectivity index (χ1) is 11.2. The van der Waals surface area contributed by atoms with Crippen molar-refractivity contribution in [1.82, 2.24) is 20.2 Å². The van der Waals surface area contributed by atoms with Crippen molar-refractivity contribution in [3.05, 3.63) is 34.2 Å². The lowest BCUT2D eigenvalue weighted by molar-refractivity contribution is 0.0592. The van der Waals surface area contributed by atoms with Crippen molar-refractivity contribution in [3.63, 3.8) is 0 Å². The van der Waals surface area contributed by atoms with Crippen LogP contribution in [0.1, 0.15) is 27.6 Å². The van der Waals surface area contributed by atoms with Gasteiger partial charge in [-0.05, 0) is 18.4 Å². The van der Waals surface area contributed by atoms with Crippen molar-refractivity contribution < 1.29 is 9.53 Å². The molecule has 4 rings (SSSR count). The van der Waals surface area contributed by atoms with Crippen molar-refractivity contribution >= 4 is 33.3 Å². The molecular weight excluding hydrogens is 314 g/mol. The zero-order valence-corrected chi connectivity index (χ0v) is 13.6. The molecule has 8 heteroatoms. The Labute approximate surface area is 136 Å². The highest BCUT2D eigenvalue weighted by Gasteiger charge is 2.27. The van der Waals surface area contributed by atoms with Crippen LogP contribution < -0.4 is 4.90 Å². The summed E-state index contributed by atoms with van der Waals surface area (Å²) in [4.78, 5) is 24.1. The lowest BCUT2D eigenvalue weighted by atomic mass is 10.1. The first-order valence-electron chi connectivity index (χ1n) is 7.28. The van der Waals surface area contributed by atoms with Crippen molar-refractivity contribution in [2.24, 2.45) is 0 Å². The summed E-state index contributed by atoms with van der Waals surface area (Å²) >= 11 is 1.61. The third-order valence-corrected chi connectivity index (χ3v) is 4.84. The second-order valence-corrected chi connectivity index (χ2v) is 6.32. The number of anilines is 1. The van der Waals surface area contributed by atoms with E-state index in [-0.39, 0.29) is 0 Å². The molecule has 1 N–H and O–H groups in total. The van der Waals surface area contributed by atoms with Crippen LogP contribution in [0.25, 0.3) is 10.2 Å². The fourth-order valence-electron chi connectivity index (χ4n) is 2.93. The number of fused-ring (bicyclic) bond motifs is 2. The summed E-state index contributed by atoms with van der Waals surface area (Å²) in [6, 6.07) is 2.04. The van der Waals surface area contributed by atoms with Crippen LogP contribution in [0.3, 0.4) is 0 Å². The Morgan fingerprint density at radius 3 is 3.13 bits per heavy atom. The summed E-state index contributed by atoms with van der Waals surface area (Å²) in [6.07, 6.45) is 0.786. The molecule has 0 amide bonds. The standard InChI is InChI=1S/C15H15N5O2S/c1-8-16-13(9-4-6-23-14(9)17-8)20-5-3-11-10(7-20)12(19-18-11)15(21)22-2/h4,6H,3,5,7H2,1-2H3,(H,18,19). The molecule has 23 heavy (non-hydrogen) atoms. The minimum atomic E-state index is -0.413. The Balaban J connectivity index is 1.76. The largest absolute Gasteiger partial charge is 0.464 e. The Morgan fingerprint density at radius 2 is 2.30 bits per heavy atom. The average Bonchev–Trinajstić information content (AvgIpc) is 3.19. The van der Waals surface area contributed by atoms with Crippen LogP contribution >= 0.6 is 11.3 Å². The Kier molecular flexibility index (Phi) is 3.26. The van der Waals surface area contributed by atoms with Gasteiger partial charge in [0.1, 0.15) is 16.5 Å². The molecule has 3 aromatic heterocycles. The molecule has 0 saturated heterocycles. The maximum absolute atomic E-state index is 11.9. The number of aromatic nitrogens is 4. The van der Waals surface area contributed by atoms with Gasteiger partial charge in [0.05, 0.1) is 12.5 Å². The molecule has 0 aromatic carbocycles. The van der Waals surface area contributed by atoms with Gasteiger partial charge in [-0.2, -0.15) is 5.10 Å². The number of hydrogen-bond acceptors (Lipinski definition) is 7. The van der Waals surface area contributed by atoms with E-state index < -0.39 is 5.97 Å². The fourth-order valence-corrected chi connectivity index (χ4v) is 3.73. The average molecular weight is 329 g/mol. The summed E-state index contributed by atoms with van der Waals surface area (Å²) in [5.74, 6) is 1.25. The van der Waals surface area contributed by atoms with Crippen LogP contribution in [0.4, 0.5) is 5.82 Å². The maximum Gasteiger partial charge on any atom is 0.358 e. The van der Waals surface area contributed by atoms with E-state index in [9.17, 15) is 4.79 Å². The van der Waals surface area contributed by atoms with Gasteiger partial charge in [0.2, 0.25) is 0 Å². The van der Waals surface area contributed by atoms with Crippen molar-refractivity contribution in [3.8, 4) is 0 Å². The van der Waals surface area contributed by atoms with E-state index in [1.54, 1.807) is 11.3 Å². The summed E-state index contributed by atoms with van der Waals surface area (Å²) in [6.45, 7) is 3.30. The molecule has 0 unspecified atom stereocenters. The number of carbonyl (C=O) groups is 1. The number of thiophene rings is 1. The van der Waals surface area contributed by atoms with Gasteiger partial charge in [0, 0.05) is 30.8 Å². The summed E-state index contributed by atoms with van der Waals surface area (Å²) in [5, 5.41) is 10.1. The normalized spacial score (nSPS) is 14.1. The number of nitrogens with one attached hydrogen (secondary N) is 1. The van der Waals surface area contributed by atoms with E-state index in [1.165, 1.54) is 7.11 Å². The Bertz CT molecular complexity index is 901. The number of H-pyrrole nitrogens is 1. The molecule has 118 valence electrons. The van der Waals surface area contributed by atoms with E-state index in [0.717, 1.165) is 46.1 Å².